The van der Waals surface area contributed by atoms with Crippen molar-refractivity contribution in [2.24, 2.45) is 17.3 Å². The van der Waals surface area contributed by atoms with Gasteiger partial charge in [-0.3, -0.25) is 19.4 Å². The van der Waals surface area contributed by atoms with Crippen molar-refractivity contribution in [3.8, 4) is 5.75 Å². The molecule has 10 atom stereocenters. The molecule has 1 aromatic heterocycles. The van der Waals surface area contributed by atoms with E-state index in [0.717, 1.165) is 60.6 Å². The summed E-state index contributed by atoms with van der Waals surface area (Å²) in [5, 5.41) is 14.3. The minimum atomic E-state index is -2.95. The van der Waals surface area contributed by atoms with E-state index in [-0.39, 0.29) is 31.3 Å². The fourth-order valence-corrected chi connectivity index (χ4v) is 14.4. The monoisotopic (exact) mass is 885 g/mol. The second-order valence-electron chi connectivity index (χ2n) is 19.9. The Bertz CT molecular complexity index is 2450. The maximum absolute atomic E-state index is 15.5. The molecule has 2 aromatic carbocycles. The lowest BCUT2D eigenvalue weighted by atomic mass is 9.47. The van der Waals surface area contributed by atoms with Crippen molar-refractivity contribution < 1.29 is 47.2 Å². The topological polar surface area (TPSA) is 137 Å². The van der Waals surface area contributed by atoms with Crippen molar-refractivity contribution >= 4 is 40.2 Å². The lowest BCUT2D eigenvalue weighted by Crippen LogP contribution is -2.81. The quantitative estimate of drug-likeness (QED) is 0.164. The third-order valence-corrected chi connectivity index (χ3v) is 16.8. The molecule has 7 heterocycles. The smallest absolute Gasteiger partial charge is 0.344 e. The van der Waals surface area contributed by atoms with E-state index in [1.807, 2.05) is 43.2 Å². The van der Waals surface area contributed by atoms with Crippen LogP contribution < -0.4 is 14.5 Å². The van der Waals surface area contributed by atoms with Crippen LogP contribution in [0, 0.1) is 17.3 Å². The van der Waals surface area contributed by atoms with E-state index in [9.17, 15) is 14.7 Å². The number of likely N-dealkylation sites (N-methyl/N-ethyl adjacent to an activating group) is 1. The molecule has 10 rings (SSSR count). The summed E-state index contributed by atoms with van der Waals surface area (Å²) < 4.78 is 55.0. The molecule has 2 bridgehead atoms. The van der Waals surface area contributed by atoms with Gasteiger partial charge in [0.25, 0.3) is 0 Å². The highest BCUT2D eigenvalue weighted by atomic mass is 19.3. The van der Waals surface area contributed by atoms with Crippen molar-refractivity contribution in [3.63, 3.8) is 0 Å². The number of ether oxygens (including phenoxy) is 4. The molecule has 7 aliphatic rings. The van der Waals surface area contributed by atoms with E-state index in [4.69, 9.17) is 18.9 Å². The van der Waals surface area contributed by atoms with Gasteiger partial charge in [0.05, 0.1) is 27.4 Å². The molecular weight excluding hydrogens is 825 g/mol. The number of carbonyl (C=O) groups excluding carboxylic acids is 3. The second-order valence-corrected chi connectivity index (χ2v) is 19.9. The number of rotatable bonds is 8. The zero-order valence-electron chi connectivity index (χ0n) is 38.0. The molecule has 0 amide bonds. The van der Waals surface area contributed by atoms with E-state index in [1.165, 1.54) is 21.1 Å². The number of aliphatic hydroxyl groups is 1. The zero-order valence-corrected chi connectivity index (χ0v) is 38.0. The van der Waals surface area contributed by atoms with Crippen molar-refractivity contribution in [2.75, 3.05) is 77.4 Å². The molecule has 1 spiro atoms. The van der Waals surface area contributed by atoms with Gasteiger partial charge in [-0.1, -0.05) is 19.1 Å². The van der Waals surface area contributed by atoms with Crippen LogP contribution in [0.25, 0.3) is 10.9 Å². The molecule has 64 heavy (non-hydrogen) atoms. The first-order valence-electron chi connectivity index (χ1n) is 23.0. The Morgan fingerprint density at radius 3 is 2.41 bits per heavy atom. The van der Waals surface area contributed by atoms with Gasteiger partial charge >= 0.3 is 17.9 Å². The van der Waals surface area contributed by atoms with Crippen LogP contribution in [0.1, 0.15) is 81.7 Å². The Hall–Kier alpha value is -4.73. The van der Waals surface area contributed by atoms with Gasteiger partial charge in [-0.05, 0) is 93.3 Å². The van der Waals surface area contributed by atoms with Gasteiger partial charge in [-0.15, -0.1) is 0 Å². The van der Waals surface area contributed by atoms with Crippen LogP contribution in [-0.2, 0) is 46.0 Å². The third kappa shape index (κ3) is 5.71. The lowest BCUT2D eigenvalue weighted by Gasteiger charge is -2.63. The zero-order chi connectivity index (χ0) is 45.3. The van der Waals surface area contributed by atoms with Gasteiger partial charge in [0, 0.05) is 116 Å². The van der Waals surface area contributed by atoms with Crippen LogP contribution in [0.15, 0.2) is 42.5 Å². The van der Waals surface area contributed by atoms with E-state index in [1.54, 1.807) is 7.11 Å². The van der Waals surface area contributed by atoms with Gasteiger partial charge in [0.2, 0.25) is 11.5 Å². The molecule has 2 unspecified atom stereocenters. The van der Waals surface area contributed by atoms with Crippen LogP contribution in [0.3, 0.4) is 0 Å². The maximum atomic E-state index is 15.5. The molecule has 344 valence electrons. The van der Waals surface area contributed by atoms with Crippen molar-refractivity contribution in [3.05, 3.63) is 64.9 Å². The van der Waals surface area contributed by atoms with Crippen LogP contribution >= 0.6 is 0 Å². The predicted octanol–water partition coefficient (Wildman–Crippen LogP) is 5.68. The Morgan fingerprint density at radius 2 is 1.73 bits per heavy atom. The number of anilines is 2. The van der Waals surface area contributed by atoms with E-state index in [0.29, 0.717) is 61.7 Å². The molecule has 1 saturated carbocycles. The largest absolute Gasteiger partial charge is 0.496 e. The van der Waals surface area contributed by atoms with Gasteiger partial charge < -0.3 is 38.8 Å². The number of aromatic nitrogens is 1. The summed E-state index contributed by atoms with van der Waals surface area (Å²) >= 11 is 0. The first kappa shape index (κ1) is 43.2. The summed E-state index contributed by atoms with van der Waals surface area (Å²) in [5.74, 6) is -5.93. The fraction of sp³-hybridized carbons (Fsp3) is 0.612. The van der Waals surface area contributed by atoms with Gasteiger partial charge in [-0.2, -0.15) is 0 Å². The molecule has 1 aliphatic carbocycles. The normalized spacial score (nSPS) is 35.2. The summed E-state index contributed by atoms with van der Waals surface area (Å²) in [5.41, 5.74) is -0.530. The Balaban J connectivity index is 1.26. The standard InChI is InChI=1S/C49H61F2N5O8/c1-8-46-14-11-18-56-19-15-47(40(46)56)34-22-35(38(61-5)23-37(34)53(4)41(47)49(60,44(59)63-7)42(46)64-28(2)57)48(43(58)62-6)24-29-20-30(45(3,50)51)26-54(25-29)27-33-32-21-31(55-16-9-10-17-55)12-13-36(32)52-39(33)48/h11-14,21-23,29-30,40-42,52,60H,8-10,15-20,24-27H2,1-7H3/t29-,30?,40+,41-,42-,46-,47-,48+,49+/m1/s1. The molecule has 3 aromatic rings. The van der Waals surface area contributed by atoms with Crippen LogP contribution in [0.2, 0.25) is 0 Å². The molecular formula is C49H61F2N5O8. The SMILES string of the molecule is CC[C@]12C=CCN3CC[C@@]4(c5cc([C@@]6(C(=O)OC)C[C@H]7CC(C(C)(F)F)CN(Cc8c6[nH]c6ccc(N9CCCC9)cc86)C7)c(OC)cc5N(C)[C@H]4[C@@](O)(C(=O)OC)[C@@H]1OC(C)=O)[C@@H]32. The Morgan fingerprint density at radius 1 is 0.984 bits per heavy atom. The average Bonchev–Trinajstić information content (AvgIpc) is 4.08. The van der Waals surface area contributed by atoms with Gasteiger partial charge in [0.15, 0.2) is 6.10 Å². The molecule has 15 heteroatoms. The number of hydrogen-bond acceptors (Lipinski definition) is 12. The Labute approximate surface area is 373 Å². The number of aromatic amines is 1. The third-order valence-electron chi connectivity index (χ3n) is 16.8. The summed E-state index contributed by atoms with van der Waals surface area (Å²) in [7, 11) is 5.99. The molecule has 6 aliphatic heterocycles. The molecule has 3 saturated heterocycles. The highest BCUT2D eigenvalue weighted by Crippen LogP contribution is 2.68. The first-order valence-corrected chi connectivity index (χ1v) is 23.0. The Kier molecular flexibility index (Phi) is 10.0. The van der Waals surface area contributed by atoms with E-state index < -0.39 is 63.7 Å². The second kappa shape index (κ2) is 14.9. The number of alkyl halides is 2. The van der Waals surface area contributed by atoms with E-state index in [2.05, 4.69) is 37.9 Å². The number of H-pyrrole nitrogens is 1. The van der Waals surface area contributed by atoms with Crippen LogP contribution in [-0.4, -0.2) is 135 Å². The summed E-state index contributed by atoms with van der Waals surface area (Å²) in [6.07, 6.45) is 6.25. The van der Waals surface area contributed by atoms with Crippen molar-refractivity contribution in [1.82, 2.24) is 14.8 Å². The summed E-state index contributed by atoms with van der Waals surface area (Å²) in [4.78, 5) is 55.5. The minimum absolute atomic E-state index is 0.154. The van der Waals surface area contributed by atoms with Crippen molar-refractivity contribution in [1.29, 1.82) is 0 Å². The van der Waals surface area contributed by atoms with Crippen LogP contribution in [0.5, 0.6) is 5.75 Å². The highest BCUT2D eigenvalue weighted by Gasteiger charge is 2.80. The maximum Gasteiger partial charge on any atom is 0.344 e. The number of benzene rings is 2. The summed E-state index contributed by atoms with van der Waals surface area (Å²) in [6.45, 7) is 8.46. The number of nitrogens with zero attached hydrogens (tertiary/aromatic N) is 4. The number of piperidine rings is 1. The molecule has 13 nitrogen and oxygen atoms in total. The molecule has 4 fully saturated rings. The fourth-order valence-electron chi connectivity index (χ4n) is 14.4. The number of esters is 3. The van der Waals surface area contributed by atoms with E-state index >= 15 is 13.6 Å². The number of fused-ring (bicyclic) bond motifs is 6. The summed E-state index contributed by atoms with van der Waals surface area (Å²) in [6, 6.07) is 8.92. The number of halogens is 2. The predicted molar refractivity (Wildman–Crippen MR) is 236 cm³/mol. The number of methoxy groups -OCH3 is 3. The number of nitrogens with one attached hydrogen (secondary N) is 1. The highest BCUT2D eigenvalue weighted by molar-refractivity contribution is 5.96. The average molecular weight is 886 g/mol. The van der Waals surface area contributed by atoms with Crippen LogP contribution in [0.4, 0.5) is 20.2 Å². The molecule has 2 N–H and O–H groups in total. The lowest BCUT2D eigenvalue weighted by molar-refractivity contribution is -0.228. The van der Waals surface area contributed by atoms with Crippen molar-refractivity contribution in [2.45, 2.75) is 106 Å². The minimum Gasteiger partial charge on any atom is -0.496 e. The van der Waals surface area contributed by atoms with Gasteiger partial charge in [0.1, 0.15) is 11.2 Å². The number of carbonyl (C=O) groups is 3. The first-order chi connectivity index (χ1) is 30.5. The molecule has 0 radical (unpaired) electrons. The number of hydrogen-bond donors (Lipinski definition) is 2. The van der Waals surface area contributed by atoms with Gasteiger partial charge in [-0.25, -0.2) is 13.6 Å².